The first-order chi connectivity index (χ1) is 8.02. The minimum Gasteiger partial charge on any atom is -0.494 e. The van der Waals surface area contributed by atoms with Crippen molar-refractivity contribution in [3.05, 3.63) is 28.8 Å². The van der Waals surface area contributed by atoms with Crippen molar-refractivity contribution in [1.29, 1.82) is 0 Å². The third kappa shape index (κ3) is 2.17. The third-order valence-electron chi connectivity index (χ3n) is 2.45. The monoisotopic (exact) mass is 254 g/mol. The highest BCUT2D eigenvalue weighted by atomic mass is 35.5. The van der Waals surface area contributed by atoms with E-state index >= 15 is 0 Å². The minimum atomic E-state index is -0.419. The number of fused-ring (bicyclic) bond motifs is 1. The maximum Gasteiger partial charge on any atom is 0.151 e. The number of ether oxygens (including phenoxy) is 1. The van der Waals surface area contributed by atoms with E-state index in [-0.39, 0.29) is 5.92 Å². The van der Waals surface area contributed by atoms with Crippen LogP contribution in [-0.2, 0) is 0 Å². The quantitative estimate of drug-likeness (QED) is 0.822. The predicted molar refractivity (Wildman–Crippen MR) is 65.1 cm³/mol. The molecule has 0 aliphatic rings. The molecule has 1 aromatic carbocycles. The van der Waals surface area contributed by atoms with Crippen LogP contribution in [0.15, 0.2) is 12.1 Å². The lowest BCUT2D eigenvalue weighted by atomic mass is 10.1. The van der Waals surface area contributed by atoms with Crippen molar-refractivity contribution < 1.29 is 9.13 Å². The van der Waals surface area contributed by atoms with E-state index in [1.165, 1.54) is 19.2 Å². The van der Waals surface area contributed by atoms with Gasteiger partial charge in [0.15, 0.2) is 5.15 Å². The Bertz CT molecular complexity index is 572. The molecule has 0 fully saturated rings. The van der Waals surface area contributed by atoms with Crippen LogP contribution in [0.25, 0.3) is 11.0 Å². The molecule has 0 aliphatic carbocycles. The molecule has 0 unspecified atom stereocenters. The molecular weight excluding hydrogens is 243 g/mol. The van der Waals surface area contributed by atoms with Crippen LogP contribution in [0.2, 0.25) is 5.15 Å². The summed E-state index contributed by atoms with van der Waals surface area (Å²) in [5.41, 5.74) is 1.61. The van der Waals surface area contributed by atoms with E-state index in [1.807, 2.05) is 13.8 Å². The van der Waals surface area contributed by atoms with Gasteiger partial charge < -0.3 is 4.74 Å². The highest BCUT2D eigenvalue weighted by molar-refractivity contribution is 6.30. The summed E-state index contributed by atoms with van der Waals surface area (Å²) in [6.45, 7) is 3.94. The van der Waals surface area contributed by atoms with Crippen molar-refractivity contribution in [2.24, 2.45) is 0 Å². The van der Waals surface area contributed by atoms with Gasteiger partial charge in [0, 0.05) is 12.1 Å². The Morgan fingerprint density at radius 3 is 2.59 bits per heavy atom. The van der Waals surface area contributed by atoms with E-state index in [4.69, 9.17) is 16.3 Å². The maximum atomic E-state index is 13.3. The Morgan fingerprint density at radius 2 is 2.00 bits per heavy atom. The second kappa shape index (κ2) is 4.45. The lowest BCUT2D eigenvalue weighted by Crippen LogP contribution is -1.99. The SMILES string of the molecule is COc1cc(F)cc2nc(Cl)c(C(C)C)nc12. The molecule has 0 radical (unpaired) electrons. The van der Waals surface area contributed by atoms with E-state index in [9.17, 15) is 4.39 Å². The van der Waals surface area contributed by atoms with Gasteiger partial charge in [-0.1, -0.05) is 25.4 Å². The molecule has 0 atom stereocenters. The van der Waals surface area contributed by atoms with Gasteiger partial charge in [-0.25, -0.2) is 14.4 Å². The fourth-order valence-corrected chi connectivity index (χ4v) is 1.96. The molecular formula is C12H12ClFN2O. The Labute approximate surface area is 104 Å². The molecule has 0 amide bonds. The molecule has 1 aromatic heterocycles. The van der Waals surface area contributed by atoms with Crippen molar-refractivity contribution in [1.82, 2.24) is 9.97 Å². The van der Waals surface area contributed by atoms with Crippen molar-refractivity contribution >= 4 is 22.6 Å². The first kappa shape index (κ1) is 12.0. The first-order valence-corrected chi connectivity index (χ1v) is 5.61. The van der Waals surface area contributed by atoms with Gasteiger partial charge in [-0.05, 0) is 5.92 Å². The Balaban J connectivity index is 2.79. The number of hydrogen-bond donors (Lipinski definition) is 0. The van der Waals surface area contributed by atoms with Gasteiger partial charge >= 0.3 is 0 Å². The number of nitrogens with zero attached hydrogens (tertiary/aromatic N) is 2. The van der Waals surface area contributed by atoms with Crippen LogP contribution < -0.4 is 4.74 Å². The van der Waals surface area contributed by atoms with E-state index in [2.05, 4.69) is 9.97 Å². The predicted octanol–water partition coefficient (Wildman–Crippen LogP) is 3.55. The van der Waals surface area contributed by atoms with Crippen LogP contribution in [0.5, 0.6) is 5.75 Å². The van der Waals surface area contributed by atoms with Crippen LogP contribution in [0.1, 0.15) is 25.5 Å². The second-order valence-corrected chi connectivity index (χ2v) is 4.39. The Hall–Kier alpha value is -1.42. The van der Waals surface area contributed by atoms with Gasteiger partial charge in [-0.15, -0.1) is 0 Å². The fourth-order valence-electron chi connectivity index (χ4n) is 1.61. The molecule has 3 nitrogen and oxygen atoms in total. The lowest BCUT2D eigenvalue weighted by Gasteiger charge is -2.10. The van der Waals surface area contributed by atoms with Crippen LogP contribution in [0.3, 0.4) is 0 Å². The summed E-state index contributed by atoms with van der Waals surface area (Å²) < 4.78 is 18.4. The van der Waals surface area contributed by atoms with Gasteiger partial charge in [0.05, 0.1) is 18.3 Å². The van der Waals surface area contributed by atoms with E-state index in [0.717, 1.165) is 0 Å². The molecule has 0 aliphatic heterocycles. The molecule has 0 saturated heterocycles. The summed E-state index contributed by atoms with van der Waals surface area (Å²) in [5, 5.41) is 0.306. The zero-order valence-corrected chi connectivity index (χ0v) is 10.5. The van der Waals surface area contributed by atoms with Gasteiger partial charge in [0.2, 0.25) is 0 Å². The number of aromatic nitrogens is 2. The van der Waals surface area contributed by atoms with Crippen LogP contribution in [-0.4, -0.2) is 17.1 Å². The van der Waals surface area contributed by atoms with E-state index in [0.29, 0.717) is 27.6 Å². The van der Waals surface area contributed by atoms with E-state index < -0.39 is 5.82 Å². The molecule has 17 heavy (non-hydrogen) atoms. The van der Waals surface area contributed by atoms with Crippen molar-refractivity contribution in [2.75, 3.05) is 7.11 Å². The fraction of sp³-hybridized carbons (Fsp3) is 0.333. The van der Waals surface area contributed by atoms with E-state index in [1.54, 1.807) is 0 Å². The minimum absolute atomic E-state index is 0.147. The van der Waals surface area contributed by atoms with Gasteiger partial charge in [0.25, 0.3) is 0 Å². The maximum absolute atomic E-state index is 13.3. The highest BCUT2D eigenvalue weighted by Gasteiger charge is 2.14. The highest BCUT2D eigenvalue weighted by Crippen LogP contribution is 2.29. The molecule has 2 aromatic rings. The zero-order chi connectivity index (χ0) is 12.6. The summed E-state index contributed by atoms with van der Waals surface area (Å²) in [7, 11) is 1.47. The first-order valence-electron chi connectivity index (χ1n) is 5.23. The lowest BCUT2D eigenvalue weighted by molar-refractivity contribution is 0.415. The number of methoxy groups -OCH3 is 1. The standard InChI is InChI=1S/C12H12ClFN2O/c1-6(2)10-12(13)15-8-4-7(14)5-9(17-3)11(8)16-10/h4-6H,1-3H3. The summed E-state index contributed by atoms with van der Waals surface area (Å²) in [6, 6.07) is 2.58. The normalized spacial score (nSPS) is 11.2. The number of benzene rings is 1. The van der Waals surface area contributed by atoms with Crippen molar-refractivity contribution in [3.63, 3.8) is 0 Å². The summed E-state index contributed by atoms with van der Waals surface area (Å²) >= 11 is 6.01. The number of rotatable bonds is 2. The molecule has 5 heteroatoms. The van der Waals surface area contributed by atoms with Crippen LogP contribution in [0.4, 0.5) is 4.39 Å². The van der Waals surface area contributed by atoms with Crippen LogP contribution >= 0.6 is 11.6 Å². The Kier molecular flexibility index (Phi) is 3.15. The second-order valence-electron chi connectivity index (χ2n) is 4.03. The molecule has 0 spiro atoms. The van der Waals surface area contributed by atoms with Crippen molar-refractivity contribution in [2.45, 2.75) is 19.8 Å². The van der Waals surface area contributed by atoms with Gasteiger partial charge in [0.1, 0.15) is 17.1 Å². The number of halogens is 2. The average molecular weight is 255 g/mol. The smallest absolute Gasteiger partial charge is 0.151 e. The largest absolute Gasteiger partial charge is 0.494 e. The Morgan fingerprint density at radius 1 is 1.29 bits per heavy atom. The summed E-state index contributed by atoms with van der Waals surface area (Å²) in [6.07, 6.45) is 0. The van der Waals surface area contributed by atoms with Gasteiger partial charge in [-0.3, -0.25) is 0 Å². The average Bonchev–Trinajstić information content (AvgIpc) is 2.26. The topological polar surface area (TPSA) is 35.0 Å². The van der Waals surface area contributed by atoms with Crippen LogP contribution in [0, 0.1) is 5.82 Å². The van der Waals surface area contributed by atoms with Gasteiger partial charge in [-0.2, -0.15) is 0 Å². The summed E-state index contributed by atoms with van der Waals surface area (Å²) in [5.74, 6) is 0.0947. The van der Waals surface area contributed by atoms with Crippen molar-refractivity contribution in [3.8, 4) is 5.75 Å². The zero-order valence-electron chi connectivity index (χ0n) is 9.79. The summed E-state index contributed by atoms with van der Waals surface area (Å²) in [4.78, 5) is 8.55. The molecule has 90 valence electrons. The molecule has 1 heterocycles. The number of hydrogen-bond acceptors (Lipinski definition) is 3. The molecule has 0 bridgehead atoms. The molecule has 0 N–H and O–H groups in total. The molecule has 2 rings (SSSR count). The third-order valence-corrected chi connectivity index (χ3v) is 2.73. The molecule has 0 saturated carbocycles.